The molecule has 0 fully saturated rings. The Kier molecular flexibility index (Phi) is 5.02. The van der Waals surface area contributed by atoms with Crippen LogP contribution in [0.5, 0.6) is 0 Å². The van der Waals surface area contributed by atoms with E-state index in [2.05, 4.69) is 52.5 Å². The summed E-state index contributed by atoms with van der Waals surface area (Å²) >= 11 is 10.0. The molecule has 8 heteroatoms. The van der Waals surface area contributed by atoms with Crippen LogP contribution in [0.15, 0.2) is 48.6 Å². The summed E-state index contributed by atoms with van der Waals surface area (Å²) in [6.45, 7) is 1.82. The third-order valence-corrected chi connectivity index (χ3v) is 5.86. The van der Waals surface area contributed by atoms with Crippen LogP contribution in [0.3, 0.4) is 0 Å². The molecule has 0 amide bonds. The summed E-state index contributed by atoms with van der Waals surface area (Å²) in [5.74, 6) is 0. The molecular weight excluding hydrogens is 488 g/mol. The molecule has 112 valence electrons. The van der Waals surface area contributed by atoms with Gasteiger partial charge in [0.2, 0.25) is 0 Å². The number of aryl methyl sites for hydroxylation is 1. The van der Waals surface area contributed by atoms with Crippen molar-refractivity contribution in [2.24, 2.45) is 0 Å². The second-order valence-corrected chi connectivity index (χ2v) is 8.68. The van der Waals surface area contributed by atoms with Gasteiger partial charge in [-0.15, -0.1) is 0 Å². The molecule has 0 atom stereocenters. The van der Waals surface area contributed by atoms with Gasteiger partial charge in [0.15, 0.2) is 0 Å². The summed E-state index contributed by atoms with van der Waals surface area (Å²) < 4.78 is 29.5. The summed E-state index contributed by atoms with van der Waals surface area (Å²) in [6.07, 6.45) is 0. The SMILES string of the molecule is Cc1ccc(S(=O)(=O)Nc2c(Br)cc(Br)cc2Br)cc1N. The Balaban J connectivity index is 2.44. The van der Waals surface area contributed by atoms with Gasteiger partial charge in [-0.2, -0.15) is 0 Å². The van der Waals surface area contributed by atoms with Crippen LogP contribution < -0.4 is 10.5 Å². The van der Waals surface area contributed by atoms with Crippen LogP contribution in [-0.2, 0) is 10.0 Å². The van der Waals surface area contributed by atoms with E-state index < -0.39 is 10.0 Å². The first kappa shape index (κ1) is 16.8. The molecule has 0 heterocycles. The number of nitrogens with one attached hydrogen (secondary N) is 1. The predicted octanol–water partition coefficient (Wildman–Crippen LogP) is 4.67. The van der Waals surface area contributed by atoms with Gasteiger partial charge in [-0.3, -0.25) is 4.72 Å². The lowest BCUT2D eigenvalue weighted by Gasteiger charge is -2.13. The first-order valence-corrected chi connectivity index (χ1v) is 9.60. The van der Waals surface area contributed by atoms with E-state index in [0.717, 1.165) is 10.0 Å². The van der Waals surface area contributed by atoms with E-state index in [0.29, 0.717) is 20.3 Å². The number of hydrogen-bond acceptors (Lipinski definition) is 3. The first-order chi connectivity index (χ1) is 9.70. The van der Waals surface area contributed by atoms with Crippen molar-refractivity contribution in [1.82, 2.24) is 0 Å². The van der Waals surface area contributed by atoms with Crippen molar-refractivity contribution in [2.45, 2.75) is 11.8 Å². The number of nitrogen functional groups attached to an aromatic ring is 1. The van der Waals surface area contributed by atoms with Gasteiger partial charge < -0.3 is 5.73 Å². The summed E-state index contributed by atoms with van der Waals surface area (Å²) in [5.41, 5.74) is 7.47. The molecule has 0 aliphatic heterocycles. The Morgan fingerprint density at radius 1 is 1.05 bits per heavy atom. The highest BCUT2D eigenvalue weighted by Crippen LogP contribution is 2.35. The van der Waals surface area contributed by atoms with Crippen LogP contribution in [0, 0.1) is 6.92 Å². The number of hydrogen-bond donors (Lipinski definition) is 2. The second-order valence-electron chi connectivity index (χ2n) is 4.37. The van der Waals surface area contributed by atoms with Crippen LogP contribution in [0.1, 0.15) is 5.56 Å². The molecule has 2 aromatic carbocycles. The molecular formula is C13H11Br3N2O2S. The maximum atomic E-state index is 12.4. The number of rotatable bonds is 3. The topological polar surface area (TPSA) is 72.2 Å². The molecule has 0 spiro atoms. The minimum absolute atomic E-state index is 0.118. The van der Waals surface area contributed by atoms with Gasteiger partial charge in [-0.25, -0.2) is 8.42 Å². The normalized spacial score (nSPS) is 11.4. The Morgan fingerprint density at radius 2 is 1.62 bits per heavy atom. The van der Waals surface area contributed by atoms with Crippen molar-refractivity contribution >= 4 is 69.2 Å². The predicted molar refractivity (Wildman–Crippen MR) is 95.9 cm³/mol. The van der Waals surface area contributed by atoms with Gasteiger partial charge in [0.1, 0.15) is 0 Å². The molecule has 0 aromatic heterocycles. The van der Waals surface area contributed by atoms with Crippen molar-refractivity contribution in [2.75, 3.05) is 10.5 Å². The van der Waals surface area contributed by atoms with Crippen LogP contribution in [0.25, 0.3) is 0 Å². The molecule has 0 bridgehead atoms. The van der Waals surface area contributed by atoms with Crippen molar-refractivity contribution in [1.29, 1.82) is 0 Å². The molecule has 0 saturated carbocycles. The van der Waals surface area contributed by atoms with Gasteiger partial charge in [0.05, 0.1) is 10.6 Å². The highest BCUT2D eigenvalue weighted by molar-refractivity contribution is 9.11. The summed E-state index contributed by atoms with van der Waals surface area (Å²) in [6, 6.07) is 8.15. The number of benzene rings is 2. The van der Waals surface area contributed by atoms with E-state index in [9.17, 15) is 8.42 Å². The average molecular weight is 499 g/mol. The zero-order valence-corrected chi connectivity index (χ0v) is 16.4. The molecule has 2 aromatic rings. The highest BCUT2D eigenvalue weighted by atomic mass is 79.9. The molecule has 0 aliphatic carbocycles. The molecule has 4 nitrogen and oxygen atoms in total. The fourth-order valence-corrected chi connectivity index (χ4v) is 5.47. The van der Waals surface area contributed by atoms with Gasteiger partial charge in [0, 0.05) is 19.1 Å². The fourth-order valence-electron chi connectivity index (χ4n) is 1.62. The minimum Gasteiger partial charge on any atom is -0.398 e. The van der Waals surface area contributed by atoms with Crippen molar-refractivity contribution in [3.8, 4) is 0 Å². The van der Waals surface area contributed by atoms with E-state index in [4.69, 9.17) is 5.73 Å². The maximum Gasteiger partial charge on any atom is 0.262 e. The summed E-state index contributed by atoms with van der Waals surface area (Å²) in [4.78, 5) is 0.118. The third kappa shape index (κ3) is 3.80. The Hall–Kier alpha value is -0.570. The molecule has 0 radical (unpaired) electrons. The first-order valence-electron chi connectivity index (χ1n) is 5.74. The van der Waals surface area contributed by atoms with Crippen LogP contribution >= 0.6 is 47.8 Å². The smallest absolute Gasteiger partial charge is 0.262 e. The average Bonchev–Trinajstić information content (AvgIpc) is 2.37. The van der Waals surface area contributed by atoms with Crippen LogP contribution in [0.4, 0.5) is 11.4 Å². The lowest BCUT2D eigenvalue weighted by molar-refractivity contribution is 0.601. The van der Waals surface area contributed by atoms with E-state index >= 15 is 0 Å². The van der Waals surface area contributed by atoms with Gasteiger partial charge in [-0.1, -0.05) is 22.0 Å². The second kappa shape index (κ2) is 6.28. The van der Waals surface area contributed by atoms with Crippen LogP contribution in [-0.4, -0.2) is 8.42 Å². The minimum atomic E-state index is -3.72. The van der Waals surface area contributed by atoms with Crippen molar-refractivity contribution in [3.05, 3.63) is 49.3 Å². The van der Waals surface area contributed by atoms with E-state index in [1.165, 1.54) is 12.1 Å². The standard InChI is InChI=1S/C13H11Br3N2O2S/c1-7-2-3-9(6-12(7)17)21(19,20)18-13-10(15)4-8(14)5-11(13)16/h2-6,18H,17H2,1H3. The Labute approximate surface area is 148 Å². The number of halogens is 3. The Bertz CT molecular complexity index is 784. The summed E-state index contributed by atoms with van der Waals surface area (Å²) in [7, 11) is -3.72. The molecule has 2 rings (SSSR count). The highest BCUT2D eigenvalue weighted by Gasteiger charge is 2.18. The van der Waals surface area contributed by atoms with Crippen LogP contribution in [0.2, 0.25) is 0 Å². The molecule has 0 unspecified atom stereocenters. The number of sulfonamides is 1. The van der Waals surface area contributed by atoms with Gasteiger partial charge in [-0.05, 0) is 68.6 Å². The van der Waals surface area contributed by atoms with Crippen molar-refractivity contribution in [3.63, 3.8) is 0 Å². The molecule has 3 N–H and O–H groups in total. The lowest BCUT2D eigenvalue weighted by atomic mass is 10.2. The summed E-state index contributed by atoms with van der Waals surface area (Å²) in [5, 5.41) is 0. The molecule has 21 heavy (non-hydrogen) atoms. The zero-order valence-electron chi connectivity index (χ0n) is 10.8. The maximum absolute atomic E-state index is 12.4. The number of nitrogens with two attached hydrogens (primary N) is 1. The van der Waals surface area contributed by atoms with E-state index in [1.54, 1.807) is 18.2 Å². The largest absolute Gasteiger partial charge is 0.398 e. The van der Waals surface area contributed by atoms with Gasteiger partial charge in [0.25, 0.3) is 10.0 Å². The quantitative estimate of drug-likeness (QED) is 0.604. The molecule has 0 aliphatic rings. The van der Waals surface area contributed by atoms with E-state index in [1.807, 2.05) is 6.92 Å². The third-order valence-electron chi connectivity index (χ3n) is 2.80. The molecule has 0 saturated heterocycles. The zero-order chi connectivity index (χ0) is 15.8. The Morgan fingerprint density at radius 3 is 2.14 bits per heavy atom. The lowest BCUT2D eigenvalue weighted by Crippen LogP contribution is -2.14. The number of anilines is 2. The monoisotopic (exact) mass is 496 g/mol. The van der Waals surface area contributed by atoms with Crippen molar-refractivity contribution < 1.29 is 8.42 Å². The fraction of sp³-hybridized carbons (Fsp3) is 0.0769. The van der Waals surface area contributed by atoms with E-state index in [-0.39, 0.29) is 4.90 Å². The van der Waals surface area contributed by atoms with Gasteiger partial charge >= 0.3 is 0 Å².